The van der Waals surface area contributed by atoms with Crippen molar-refractivity contribution in [3.05, 3.63) is 0 Å². The molecule has 1 saturated heterocycles. The van der Waals surface area contributed by atoms with Gasteiger partial charge in [0.15, 0.2) is 13.9 Å². The van der Waals surface area contributed by atoms with Gasteiger partial charge in [-0.2, -0.15) is 0 Å². The number of Topliss-reactive ketones (excluding diaryl/α,β-unsaturated/α-hetero) is 1. The van der Waals surface area contributed by atoms with Gasteiger partial charge in [-0.05, 0) is 24.6 Å². The Morgan fingerprint density at radius 1 is 1.31 bits per heavy atom. The highest BCUT2D eigenvalue weighted by Gasteiger charge is 2.69. The topological polar surface area (TPSA) is 61.8 Å². The smallest absolute Gasteiger partial charge is 0.303 e. The van der Waals surface area contributed by atoms with Gasteiger partial charge in [-0.3, -0.25) is 9.59 Å². The van der Waals surface area contributed by atoms with E-state index in [0.717, 1.165) is 12.8 Å². The summed E-state index contributed by atoms with van der Waals surface area (Å²) >= 11 is 0. The van der Waals surface area contributed by atoms with Crippen molar-refractivity contribution in [1.29, 1.82) is 0 Å². The number of rotatable bonds is 3. The molecule has 1 aliphatic heterocycles. The minimum absolute atomic E-state index is 0.0255. The number of fused-ring (bicyclic) bond motifs is 3. The molecule has 3 rings (SSSR count). The van der Waals surface area contributed by atoms with Crippen molar-refractivity contribution < 1.29 is 23.5 Å². The molecule has 0 aromatic rings. The van der Waals surface area contributed by atoms with Crippen LogP contribution >= 0.6 is 0 Å². The number of hydrogen-bond acceptors (Lipinski definition) is 5. The van der Waals surface area contributed by atoms with Crippen molar-refractivity contribution in [3.8, 4) is 0 Å². The van der Waals surface area contributed by atoms with Gasteiger partial charge in [0.2, 0.25) is 0 Å². The van der Waals surface area contributed by atoms with E-state index in [1.165, 1.54) is 6.92 Å². The van der Waals surface area contributed by atoms with Gasteiger partial charge < -0.3 is 13.9 Å². The number of carbonyl (C=O) groups excluding carboxylic acids is 2. The second-order valence-electron chi connectivity index (χ2n) is 10.3. The van der Waals surface area contributed by atoms with Crippen molar-refractivity contribution >= 4 is 20.1 Å². The lowest BCUT2D eigenvalue weighted by molar-refractivity contribution is -0.323. The molecule has 148 valence electrons. The second-order valence-corrected chi connectivity index (χ2v) is 15.0. The summed E-state index contributed by atoms with van der Waals surface area (Å²) in [4.78, 5) is 24.1. The van der Waals surface area contributed by atoms with Crippen LogP contribution in [-0.4, -0.2) is 44.5 Å². The van der Waals surface area contributed by atoms with Gasteiger partial charge in [0.1, 0.15) is 11.9 Å². The van der Waals surface area contributed by atoms with Crippen molar-refractivity contribution in [2.45, 2.75) is 96.2 Å². The summed E-state index contributed by atoms with van der Waals surface area (Å²) in [5.74, 6) is -0.0533. The van der Waals surface area contributed by atoms with Crippen LogP contribution in [0.5, 0.6) is 0 Å². The average Bonchev–Trinajstić information content (AvgIpc) is 2.47. The number of ether oxygens (including phenoxy) is 2. The van der Waals surface area contributed by atoms with E-state index in [-0.39, 0.29) is 40.3 Å². The second kappa shape index (κ2) is 6.14. The SMILES string of the molecule is CC(=O)O[C@@]12CO[C@@H]1C[C@H](O[Si](C)(C)C(C)(C)C)[C@@]1(C)CCC(=O)C[C@@H]12. The molecular formula is C20H34O5Si. The first-order valence-corrected chi connectivity index (χ1v) is 12.7. The Morgan fingerprint density at radius 3 is 2.46 bits per heavy atom. The molecule has 0 aromatic heterocycles. The number of esters is 1. The normalized spacial score (nSPS) is 40.3. The third-order valence-corrected chi connectivity index (χ3v) is 12.0. The summed E-state index contributed by atoms with van der Waals surface area (Å²) in [6.07, 6.45) is 2.46. The lowest BCUT2D eigenvalue weighted by atomic mass is 9.51. The minimum Gasteiger partial charge on any atom is -0.454 e. The summed E-state index contributed by atoms with van der Waals surface area (Å²) in [5, 5.41) is 0.119. The largest absolute Gasteiger partial charge is 0.454 e. The zero-order valence-electron chi connectivity index (χ0n) is 17.3. The molecule has 5 nitrogen and oxygen atoms in total. The van der Waals surface area contributed by atoms with Crippen LogP contribution in [0.4, 0.5) is 0 Å². The molecule has 3 fully saturated rings. The van der Waals surface area contributed by atoms with Crippen LogP contribution in [0.2, 0.25) is 18.1 Å². The number of hydrogen-bond donors (Lipinski definition) is 0. The van der Waals surface area contributed by atoms with E-state index < -0.39 is 13.9 Å². The van der Waals surface area contributed by atoms with Crippen LogP contribution in [0, 0.1) is 11.3 Å². The van der Waals surface area contributed by atoms with Gasteiger partial charge in [-0.1, -0.05) is 27.7 Å². The van der Waals surface area contributed by atoms with Crippen molar-refractivity contribution in [1.82, 2.24) is 0 Å². The fourth-order valence-electron chi connectivity index (χ4n) is 4.83. The summed E-state index contributed by atoms with van der Waals surface area (Å²) in [6, 6.07) is 0. The average molecular weight is 383 g/mol. The molecule has 3 aliphatic rings. The van der Waals surface area contributed by atoms with E-state index in [2.05, 4.69) is 40.8 Å². The third kappa shape index (κ3) is 2.98. The molecule has 2 saturated carbocycles. The Kier molecular flexibility index (Phi) is 4.73. The molecule has 0 aromatic carbocycles. The Hall–Kier alpha value is -0.723. The summed E-state index contributed by atoms with van der Waals surface area (Å²) in [5.41, 5.74) is -0.816. The predicted octanol–water partition coefficient (Wildman–Crippen LogP) is 3.86. The molecular weight excluding hydrogens is 348 g/mol. The van der Waals surface area contributed by atoms with Crippen molar-refractivity contribution in [2.24, 2.45) is 11.3 Å². The van der Waals surface area contributed by atoms with Gasteiger partial charge >= 0.3 is 5.97 Å². The highest BCUT2D eigenvalue weighted by atomic mass is 28.4. The summed E-state index contributed by atoms with van der Waals surface area (Å²) in [7, 11) is -1.96. The first-order valence-electron chi connectivity index (χ1n) is 9.82. The molecule has 5 atom stereocenters. The van der Waals surface area contributed by atoms with Gasteiger partial charge in [0.05, 0.1) is 12.7 Å². The Balaban J connectivity index is 1.95. The van der Waals surface area contributed by atoms with E-state index >= 15 is 0 Å². The van der Waals surface area contributed by atoms with Gasteiger partial charge in [0.25, 0.3) is 0 Å². The third-order valence-electron chi connectivity index (χ3n) is 7.56. The lowest BCUT2D eigenvalue weighted by Crippen LogP contribution is -2.75. The van der Waals surface area contributed by atoms with E-state index in [1.807, 2.05) is 0 Å². The van der Waals surface area contributed by atoms with Crippen LogP contribution in [0.1, 0.15) is 60.3 Å². The first-order chi connectivity index (χ1) is 11.8. The summed E-state index contributed by atoms with van der Waals surface area (Å²) < 4.78 is 18.6. The van der Waals surface area contributed by atoms with E-state index in [4.69, 9.17) is 13.9 Å². The number of ketones is 1. The molecule has 0 bridgehead atoms. The van der Waals surface area contributed by atoms with Gasteiger partial charge in [-0.15, -0.1) is 0 Å². The molecule has 0 amide bonds. The fraction of sp³-hybridized carbons (Fsp3) is 0.900. The predicted molar refractivity (Wildman–Crippen MR) is 101 cm³/mol. The van der Waals surface area contributed by atoms with Crippen molar-refractivity contribution in [2.75, 3.05) is 6.61 Å². The van der Waals surface area contributed by atoms with Crippen LogP contribution in [0.15, 0.2) is 0 Å². The highest BCUT2D eigenvalue weighted by molar-refractivity contribution is 6.74. The minimum atomic E-state index is -1.96. The Morgan fingerprint density at radius 2 is 1.96 bits per heavy atom. The zero-order chi connectivity index (χ0) is 19.5. The number of carbonyl (C=O) groups is 2. The van der Waals surface area contributed by atoms with Crippen LogP contribution in [0.25, 0.3) is 0 Å². The molecule has 0 unspecified atom stereocenters. The highest BCUT2D eigenvalue weighted by Crippen LogP contribution is 2.60. The summed E-state index contributed by atoms with van der Waals surface area (Å²) in [6.45, 7) is 15.4. The standard InChI is InChI=1S/C20H34O5Si/c1-13(21)24-20-12-23-17(20)11-16(25-26(6,7)18(2,3)4)19(5)9-8-14(22)10-15(19)20/h15-17H,8-12H2,1-7H3/t15-,16-,17+,19-,20+/m0/s1. The fourth-order valence-corrected chi connectivity index (χ4v) is 6.26. The molecule has 6 heteroatoms. The Labute approximate surface area is 158 Å². The van der Waals surface area contributed by atoms with E-state index in [1.54, 1.807) is 0 Å². The molecule has 0 N–H and O–H groups in total. The van der Waals surface area contributed by atoms with E-state index in [0.29, 0.717) is 19.4 Å². The lowest BCUT2D eigenvalue weighted by Gasteiger charge is -2.65. The van der Waals surface area contributed by atoms with Crippen molar-refractivity contribution in [3.63, 3.8) is 0 Å². The molecule has 2 aliphatic carbocycles. The molecule has 0 spiro atoms. The van der Waals surface area contributed by atoms with Gasteiger partial charge in [-0.25, -0.2) is 0 Å². The van der Waals surface area contributed by atoms with Crippen LogP contribution < -0.4 is 0 Å². The maximum Gasteiger partial charge on any atom is 0.303 e. The van der Waals surface area contributed by atoms with Gasteiger partial charge in [0, 0.05) is 37.5 Å². The maximum absolute atomic E-state index is 12.3. The first kappa shape index (κ1) is 20.0. The molecule has 0 radical (unpaired) electrons. The van der Waals surface area contributed by atoms with Crippen LogP contribution in [-0.2, 0) is 23.5 Å². The van der Waals surface area contributed by atoms with Crippen LogP contribution in [0.3, 0.4) is 0 Å². The molecule has 1 heterocycles. The maximum atomic E-state index is 12.3. The van der Waals surface area contributed by atoms with E-state index in [9.17, 15) is 9.59 Å². The quantitative estimate of drug-likeness (QED) is 0.548. The molecule has 26 heavy (non-hydrogen) atoms. The zero-order valence-corrected chi connectivity index (χ0v) is 18.3. The monoisotopic (exact) mass is 382 g/mol. The Bertz CT molecular complexity index is 610.